The second-order valence-electron chi connectivity index (χ2n) is 9.94. The maximum atomic E-state index is 12.7. The predicted octanol–water partition coefficient (Wildman–Crippen LogP) is 5.00. The van der Waals surface area contributed by atoms with Crippen LogP contribution in [0.4, 0.5) is 0 Å². The number of carbonyl (C=O) groups excluding carboxylic acids is 1. The summed E-state index contributed by atoms with van der Waals surface area (Å²) in [6, 6.07) is 18.1. The summed E-state index contributed by atoms with van der Waals surface area (Å²) < 4.78 is 0. The fraction of sp³-hybridized carbons (Fsp3) is 0.281. The number of benzene rings is 3. The minimum Gasteiger partial charge on any atom is -0.507 e. The molecule has 0 bridgehead atoms. The summed E-state index contributed by atoms with van der Waals surface area (Å²) in [4.78, 5) is 15.0. The van der Waals surface area contributed by atoms with Crippen molar-refractivity contribution in [3.8, 4) is 22.6 Å². The highest BCUT2D eigenvalue weighted by Crippen LogP contribution is 2.39. The van der Waals surface area contributed by atoms with Crippen LogP contribution in [0, 0.1) is 0 Å². The molecule has 3 aromatic rings. The van der Waals surface area contributed by atoms with E-state index in [1.807, 2.05) is 66.7 Å². The molecule has 1 atom stereocenters. The molecule has 1 fully saturated rings. The van der Waals surface area contributed by atoms with Gasteiger partial charge in [0.2, 0.25) is 5.91 Å². The number of hydrogen-bond donors (Lipinski definition) is 4. The van der Waals surface area contributed by atoms with Crippen molar-refractivity contribution in [2.75, 3.05) is 13.1 Å². The van der Waals surface area contributed by atoms with Crippen molar-refractivity contribution in [3.05, 3.63) is 108 Å². The molecule has 0 aromatic heterocycles. The quantitative estimate of drug-likeness (QED) is 0.287. The Hall–Kier alpha value is -3.87. The summed E-state index contributed by atoms with van der Waals surface area (Å²) in [6.45, 7) is 9.81. The molecule has 4 rings (SSSR count). The molecular formula is C32H37N3O3. The molecule has 0 saturated carbocycles. The molecule has 1 saturated heterocycles. The third-order valence-electron chi connectivity index (χ3n) is 7.13. The molecule has 1 heterocycles. The van der Waals surface area contributed by atoms with Crippen LogP contribution in [0.3, 0.4) is 0 Å². The molecule has 3 aromatic carbocycles. The topological polar surface area (TPSA) is 98.8 Å². The summed E-state index contributed by atoms with van der Waals surface area (Å²) in [6.07, 6.45) is 6.59. The van der Waals surface area contributed by atoms with Crippen LogP contribution in [-0.2, 0) is 24.2 Å². The summed E-state index contributed by atoms with van der Waals surface area (Å²) in [7, 11) is 0. The van der Waals surface area contributed by atoms with Crippen LogP contribution in [0.2, 0.25) is 0 Å². The summed E-state index contributed by atoms with van der Waals surface area (Å²) in [5.74, 6) is 0.140. The molecule has 6 heteroatoms. The first kappa shape index (κ1) is 27.2. The normalized spacial score (nSPS) is 15.1. The number of likely N-dealkylation sites (tertiary alicyclic amines) is 1. The van der Waals surface area contributed by atoms with Gasteiger partial charge in [0, 0.05) is 42.4 Å². The van der Waals surface area contributed by atoms with Gasteiger partial charge < -0.3 is 21.3 Å². The van der Waals surface area contributed by atoms with Crippen LogP contribution in [-0.4, -0.2) is 40.2 Å². The number of phenols is 2. The first-order valence-corrected chi connectivity index (χ1v) is 13.1. The average Bonchev–Trinajstić information content (AvgIpc) is 2.93. The third kappa shape index (κ3) is 6.52. The smallest absolute Gasteiger partial charge is 0.241 e. The first-order valence-electron chi connectivity index (χ1n) is 13.1. The van der Waals surface area contributed by atoms with Gasteiger partial charge in [-0.2, -0.15) is 0 Å². The van der Waals surface area contributed by atoms with E-state index in [9.17, 15) is 15.0 Å². The second-order valence-corrected chi connectivity index (χ2v) is 9.94. The van der Waals surface area contributed by atoms with Crippen molar-refractivity contribution < 1.29 is 15.0 Å². The number of nitrogens with one attached hydrogen (secondary N) is 1. The molecule has 0 spiro atoms. The van der Waals surface area contributed by atoms with Crippen molar-refractivity contribution in [2.45, 2.75) is 44.3 Å². The zero-order chi connectivity index (χ0) is 27.1. The third-order valence-corrected chi connectivity index (χ3v) is 7.13. The Morgan fingerprint density at radius 1 is 0.974 bits per heavy atom. The van der Waals surface area contributed by atoms with E-state index in [1.54, 1.807) is 6.07 Å². The zero-order valence-corrected chi connectivity index (χ0v) is 21.8. The number of nitrogens with two attached hydrogens (primary N) is 1. The Morgan fingerprint density at radius 3 is 2.32 bits per heavy atom. The Labute approximate surface area is 225 Å². The largest absolute Gasteiger partial charge is 0.507 e. The lowest BCUT2D eigenvalue weighted by molar-refractivity contribution is -0.123. The molecule has 1 amide bonds. The molecule has 0 unspecified atom stereocenters. The average molecular weight is 512 g/mol. The molecule has 38 heavy (non-hydrogen) atoms. The van der Waals surface area contributed by atoms with Gasteiger partial charge in [0.1, 0.15) is 17.5 Å². The lowest BCUT2D eigenvalue weighted by Crippen LogP contribution is -2.46. The van der Waals surface area contributed by atoms with Crippen molar-refractivity contribution in [1.82, 2.24) is 10.2 Å². The van der Waals surface area contributed by atoms with Gasteiger partial charge in [-0.3, -0.25) is 9.69 Å². The predicted molar refractivity (Wildman–Crippen MR) is 153 cm³/mol. The molecular weight excluding hydrogens is 474 g/mol. The summed E-state index contributed by atoms with van der Waals surface area (Å²) >= 11 is 0. The molecule has 0 aliphatic carbocycles. The lowest BCUT2D eigenvalue weighted by atomic mass is 9.94. The van der Waals surface area contributed by atoms with Crippen LogP contribution < -0.4 is 11.1 Å². The van der Waals surface area contributed by atoms with Crippen LogP contribution in [0.1, 0.15) is 41.1 Å². The molecule has 1 aliphatic heterocycles. The number of aromatic hydroxyl groups is 2. The van der Waals surface area contributed by atoms with Crippen molar-refractivity contribution in [3.63, 3.8) is 0 Å². The van der Waals surface area contributed by atoms with E-state index in [0.717, 1.165) is 48.2 Å². The molecule has 0 radical (unpaired) electrons. The van der Waals surface area contributed by atoms with Gasteiger partial charge in [-0.15, -0.1) is 13.2 Å². The van der Waals surface area contributed by atoms with Crippen molar-refractivity contribution >= 4 is 5.91 Å². The number of piperidine rings is 1. The van der Waals surface area contributed by atoms with E-state index in [-0.39, 0.29) is 23.4 Å². The highest BCUT2D eigenvalue weighted by molar-refractivity contribution is 5.83. The van der Waals surface area contributed by atoms with Crippen molar-refractivity contribution in [1.29, 1.82) is 0 Å². The van der Waals surface area contributed by atoms with Crippen LogP contribution in [0.5, 0.6) is 11.5 Å². The number of allylic oxidation sites excluding steroid dienone is 2. The molecule has 5 N–H and O–H groups in total. The minimum atomic E-state index is -0.682. The number of amides is 1. The van der Waals surface area contributed by atoms with E-state index in [4.69, 9.17) is 5.73 Å². The Bertz CT molecular complexity index is 1280. The van der Waals surface area contributed by atoms with Crippen molar-refractivity contribution in [2.24, 2.45) is 5.73 Å². The Kier molecular flexibility index (Phi) is 9.00. The minimum absolute atomic E-state index is 0.0642. The number of nitrogens with zero attached hydrogens (tertiary/aromatic N) is 1. The van der Waals surface area contributed by atoms with Gasteiger partial charge in [0.05, 0.1) is 0 Å². The monoisotopic (exact) mass is 511 g/mol. The highest BCUT2D eigenvalue weighted by atomic mass is 16.3. The van der Waals surface area contributed by atoms with Gasteiger partial charge in [-0.05, 0) is 60.6 Å². The first-order chi connectivity index (χ1) is 18.4. The number of carbonyl (C=O) groups is 1. The van der Waals surface area contributed by atoms with E-state index >= 15 is 0 Å². The van der Waals surface area contributed by atoms with Crippen LogP contribution >= 0.6 is 0 Å². The van der Waals surface area contributed by atoms with Gasteiger partial charge in [-0.1, -0.05) is 54.6 Å². The van der Waals surface area contributed by atoms with E-state index < -0.39 is 6.04 Å². The van der Waals surface area contributed by atoms with Gasteiger partial charge in [0.25, 0.3) is 0 Å². The maximum absolute atomic E-state index is 12.7. The number of phenolic OH excluding ortho intramolecular Hbond substituents is 2. The maximum Gasteiger partial charge on any atom is 0.241 e. The van der Waals surface area contributed by atoms with E-state index in [1.165, 1.54) is 0 Å². The SMILES string of the molecule is C=CCc1ccc(O)c(-c2cc(CC=C)cc(CN3CCC(NC(=O)[C@H](N)c4ccccc4)CC3)c2O)c1. The fourth-order valence-electron chi connectivity index (χ4n) is 5.04. The van der Waals surface area contributed by atoms with E-state index in [0.29, 0.717) is 30.5 Å². The highest BCUT2D eigenvalue weighted by Gasteiger charge is 2.25. The second kappa shape index (κ2) is 12.6. The van der Waals surface area contributed by atoms with Gasteiger partial charge in [0.15, 0.2) is 0 Å². The molecule has 1 aliphatic rings. The van der Waals surface area contributed by atoms with Crippen LogP contribution in [0.15, 0.2) is 86.0 Å². The number of hydrogen-bond acceptors (Lipinski definition) is 5. The number of rotatable bonds is 10. The van der Waals surface area contributed by atoms with Crippen LogP contribution in [0.25, 0.3) is 11.1 Å². The van der Waals surface area contributed by atoms with Gasteiger partial charge >= 0.3 is 0 Å². The Balaban J connectivity index is 1.46. The standard InChI is InChI=1S/C32H37N3O3/c1-3-8-22-12-13-29(36)27(19-22)28-20-23(9-4-2)18-25(31(28)37)21-35-16-14-26(15-17-35)34-32(38)30(33)24-10-6-5-7-11-24/h3-7,10-13,18-20,26,30,36-37H,1-2,8-9,14-17,21,33H2,(H,34,38)/t30-/m1/s1. The summed E-state index contributed by atoms with van der Waals surface area (Å²) in [5, 5.41) is 25.0. The van der Waals surface area contributed by atoms with Gasteiger partial charge in [-0.25, -0.2) is 0 Å². The zero-order valence-electron chi connectivity index (χ0n) is 21.8. The molecule has 198 valence electrons. The molecule has 6 nitrogen and oxygen atoms in total. The van der Waals surface area contributed by atoms with E-state index in [2.05, 4.69) is 23.4 Å². The summed E-state index contributed by atoms with van der Waals surface area (Å²) in [5.41, 5.74) is 11.0. The Morgan fingerprint density at radius 2 is 1.63 bits per heavy atom. The lowest BCUT2D eigenvalue weighted by Gasteiger charge is -2.33. The fourth-order valence-corrected chi connectivity index (χ4v) is 5.04.